The van der Waals surface area contributed by atoms with E-state index in [4.69, 9.17) is 0 Å². The summed E-state index contributed by atoms with van der Waals surface area (Å²) >= 11 is 0. The number of hydrogen-bond donors (Lipinski definition) is 1. The molecule has 0 aliphatic carbocycles. The van der Waals surface area contributed by atoms with E-state index >= 15 is 0 Å². The van der Waals surface area contributed by atoms with Crippen LogP contribution in [0.3, 0.4) is 0 Å². The van der Waals surface area contributed by atoms with E-state index < -0.39 is 12.5 Å². The van der Waals surface area contributed by atoms with Gasteiger partial charge in [-0.3, -0.25) is 9.59 Å². The molecule has 4 heteroatoms. The summed E-state index contributed by atoms with van der Waals surface area (Å²) in [5, 5.41) is 2.69. The lowest BCUT2D eigenvalue weighted by Crippen LogP contribution is -2.23. The summed E-state index contributed by atoms with van der Waals surface area (Å²) in [4.78, 5) is 22.0. The third-order valence-corrected chi connectivity index (χ3v) is 2.48. The highest BCUT2D eigenvalue weighted by atomic mass is 19.1. The number of alkyl halides is 1. The number of nitrogens with one attached hydrogen (secondary N) is 1. The monoisotopic (exact) mass is 187 g/mol. The van der Waals surface area contributed by atoms with Gasteiger partial charge in [0, 0.05) is 18.4 Å². The van der Waals surface area contributed by atoms with Crippen LogP contribution in [0, 0.1) is 11.8 Å². The summed E-state index contributed by atoms with van der Waals surface area (Å²) in [7, 11) is 0. The summed E-state index contributed by atoms with van der Waals surface area (Å²) < 4.78 is 12.0. The summed E-state index contributed by atoms with van der Waals surface area (Å²) in [5.41, 5.74) is 0. The van der Waals surface area contributed by atoms with Crippen LogP contribution >= 0.6 is 0 Å². The smallest absolute Gasteiger partial charge is 0.223 e. The van der Waals surface area contributed by atoms with Crippen molar-refractivity contribution in [1.29, 1.82) is 0 Å². The number of Topliss-reactive ketones (excluding diaryl/α,β-unsaturated/α-hetero) is 1. The van der Waals surface area contributed by atoms with Gasteiger partial charge in [0.25, 0.3) is 0 Å². The minimum Gasteiger partial charge on any atom is -0.356 e. The Balaban J connectivity index is 2.39. The Labute approximate surface area is 76.7 Å². The first-order valence-electron chi connectivity index (χ1n) is 4.51. The van der Waals surface area contributed by atoms with E-state index in [0.29, 0.717) is 13.0 Å². The molecule has 0 unspecified atom stereocenters. The van der Waals surface area contributed by atoms with Gasteiger partial charge in [0.15, 0.2) is 5.78 Å². The van der Waals surface area contributed by atoms with Gasteiger partial charge < -0.3 is 5.32 Å². The Morgan fingerprint density at radius 3 is 2.92 bits per heavy atom. The Hall–Kier alpha value is -0.930. The molecular weight excluding hydrogens is 173 g/mol. The molecule has 1 rings (SSSR count). The molecule has 0 aromatic carbocycles. The first-order valence-corrected chi connectivity index (χ1v) is 4.51. The van der Waals surface area contributed by atoms with Crippen LogP contribution in [0.1, 0.15) is 19.8 Å². The standard InChI is InChI=1S/C9H14FNO2/c1-6(8(12)5-10)4-7-2-3-11-9(7)13/h6-7H,2-5H2,1H3,(H,11,13)/t6-,7-/m0/s1. The third-order valence-electron chi connectivity index (χ3n) is 2.48. The molecule has 1 aliphatic rings. The zero-order valence-corrected chi connectivity index (χ0v) is 7.68. The maximum absolute atomic E-state index is 12.0. The van der Waals surface area contributed by atoms with Crippen LogP contribution in [0.5, 0.6) is 0 Å². The van der Waals surface area contributed by atoms with Crippen LogP contribution in [0.25, 0.3) is 0 Å². The number of amides is 1. The molecule has 2 atom stereocenters. The summed E-state index contributed by atoms with van der Waals surface area (Å²) in [6, 6.07) is 0. The predicted molar refractivity (Wildman–Crippen MR) is 45.9 cm³/mol. The zero-order chi connectivity index (χ0) is 9.84. The molecule has 0 spiro atoms. The van der Waals surface area contributed by atoms with Crippen molar-refractivity contribution in [2.45, 2.75) is 19.8 Å². The Morgan fingerprint density at radius 2 is 2.46 bits per heavy atom. The van der Waals surface area contributed by atoms with E-state index in [9.17, 15) is 14.0 Å². The van der Waals surface area contributed by atoms with Gasteiger partial charge in [0.2, 0.25) is 5.91 Å². The van der Waals surface area contributed by atoms with Crippen molar-refractivity contribution < 1.29 is 14.0 Å². The Kier molecular flexibility index (Phi) is 3.39. The normalized spacial score (nSPS) is 24.2. The topological polar surface area (TPSA) is 46.2 Å². The number of ketones is 1. The Bertz CT molecular complexity index is 218. The van der Waals surface area contributed by atoms with Gasteiger partial charge >= 0.3 is 0 Å². The van der Waals surface area contributed by atoms with E-state index in [1.54, 1.807) is 6.92 Å². The molecular formula is C9H14FNO2. The molecule has 3 nitrogen and oxygen atoms in total. The second kappa shape index (κ2) is 4.35. The van der Waals surface area contributed by atoms with Crippen molar-refractivity contribution in [3.63, 3.8) is 0 Å². The number of hydrogen-bond acceptors (Lipinski definition) is 2. The molecule has 74 valence electrons. The molecule has 0 bridgehead atoms. The van der Waals surface area contributed by atoms with E-state index in [-0.39, 0.29) is 17.7 Å². The van der Waals surface area contributed by atoms with Crippen LogP contribution in [-0.4, -0.2) is 24.9 Å². The molecule has 13 heavy (non-hydrogen) atoms. The van der Waals surface area contributed by atoms with Gasteiger partial charge in [-0.15, -0.1) is 0 Å². The summed E-state index contributed by atoms with van der Waals surface area (Å²) in [6.45, 7) is 1.43. The fourth-order valence-corrected chi connectivity index (χ4v) is 1.56. The molecule has 0 radical (unpaired) electrons. The van der Waals surface area contributed by atoms with Crippen molar-refractivity contribution in [3.8, 4) is 0 Å². The van der Waals surface area contributed by atoms with Crippen molar-refractivity contribution >= 4 is 11.7 Å². The highest BCUT2D eigenvalue weighted by molar-refractivity contribution is 5.84. The lowest BCUT2D eigenvalue weighted by atomic mass is 9.92. The second-order valence-electron chi connectivity index (χ2n) is 3.51. The largest absolute Gasteiger partial charge is 0.356 e. The molecule has 0 aromatic rings. The van der Waals surface area contributed by atoms with E-state index in [1.165, 1.54) is 0 Å². The van der Waals surface area contributed by atoms with Gasteiger partial charge in [0.05, 0.1) is 0 Å². The van der Waals surface area contributed by atoms with Crippen LogP contribution in [0.2, 0.25) is 0 Å². The van der Waals surface area contributed by atoms with Crippen LogP contribution in [0.4, 0.5) is 4.39 Å². The third kappa shape index (κ3) is 2.50. The number of carbonyl (C=O) groups excluding carboxylic acids is 2. The highest BCUT2D eigenvalue weighted by Gasteiger charge is 2.27. The van der Waals surface area contributed by atoms with Crippen LogP contribution in [0.15, 0.2) is 0 Å². The van der Waals surface area contributed by atoms with E-state index in [1.807, 2.05) is 0 Å². The predicted octanol–water partition coefficient (Wildman–Crippen LogP) is 0.687. The zero-order valence-electron chi connectivity index (χ0n) is 7.68. The average Bonchev–Trinajstić information content (AvgIpc) is 2.50. The fraction of sp³-hybridized carbons (Fsp3) is 0.778. The van der Waals surface area contributed by atoms with Crippen molar-refractivity contribution in [2.75, 3.05) is 13.2 Å². The summed E-state index contributed by atoms with van der Waals surface area (Å²) in [6.07, 6.45) is 1.25. The SMILES string of the molecule is C[C@@H](C[C@@H]1CCNC1=O)C(=O)CF. The van der Waals surface area contributed by atoms with Crippen LogP contribution < -0.4 is 5.32 Å². The lowest BCUT2D eigenvalue weighted by molar-refractivity contribution is -0.125. The maximum atomic E-state index is 12.0. The molecule has 0 saturated carbocycles. The second-order valence-corrected chi connectivity index (χ2v) is 3.51. The maximum Gasteiger partial charge on any atom is 0.223 e. The van der Waals surface area contributed by atoms with Gasteiger partial charge in [0.1, 0.15) is 6.67 Å². The first kappa shape index (κ1) is 10.2. The molecule has 1 heterocycles. The number of halogens is 1. The molecule has 1 aliphatic heterocycles. The minimum atomic E-state index is -0.921. The van der Waals surface area contributed by atoms with Crippen molar-refractivity contribution in [2.24, 2.45) is 11.8 Å². The molecule has 0 aromatic heterocycles. The molecule has 1 saturated heterocycles. The number of carbonyl (C=O) groups is 2. The molecule has 1 N–H and O–H groups in total. The van der Waals surface area contributed by atoms with Gasteiger partial charge in [-0.25, -0.2) is 4.39 Å². The summed E-state index contributed by atoms with van der Waals surface area (Å²) in [5.74, 6) is -0.831. The highest BCUT2D eigenvalue weighted by Crippen LogP contribution is 2.19. The van der Waals surface area contributed by atoms with Gasteiger partial charge in [-0.1, -0.05) is 6.92 Å². The van der Waals surface area contributed by atoms with Gasteiger partial charge in [-0.05, 0) is 12.8 Å². The van der Waals surface area contributed by atoms with Gasteiger partial charge in [-0.2, -0.15) is 0 Å². The van der Waals surface area contributed by atoms with Crippen LogP contribution in [-0.2, 0) is 9.59 Å². The quantitative estimate of drug-likeness (QED) is 0.703. The minimum absolute atomic E-state index is 0.00138. The Morgan fingerprint density at radius 1 is 1.77 bits per heavy atom. The molecule has 1 fully saturated rings. The van der Waals surface area contributed by atoms with E-state index in [0.717, 1.165) is 6.42 Å². The lowest BCUT2D eigenvalue weighted by Gasteiger charge is -2.11. The van der Waals surface area contributed by atoms with Crippen molar-refractivity contribution in [1.82, 2.24) is 5.32 Å². The molecule has 1 amide bonds. The first-order chi connectivity index (χ1) is 6.15. The fourth-order valence-electron chi connectivity index (χ4n) is 1.56. The average molecular weight is 187 g/mol. The van der Waals surface area contributed by atoms with Crippen molar-refractivity contribution in [3.05, 3.63) is 0 Å². The number of rotatable bonds is 4. The van der Waals surface area contributed by atoms with E-state index in [2.05, 4.69) is 5.32 Å².